The number of anilines is 1. The van der Waals surface area contributed by atoms with Crippen LogP contribution in [0.15, 0.2) is 24.3 Å². The van der Waals surface area contributed by atoms with E-state index in [1.807, 2.05) is 36.1 Å². The molecule has 0 atom stereocenters. The molecule has 1 aromatic carbocycles. The molecular weight excluding hydrogens is 324 g/mol. The molecule has 8 heteroatoms. The van der Waals surface area contributed by atoms with Crippen molar-refractivity contribution in [1.82, 2.24) is 14.7 Å². The monoisotopic (exact) mass is 346 g/mol. The van der Waals surface area contributed by atoms with Crippen LogP contribution < -0.4 is 9.64 Å². The number of piperazine rings is 1. The minimum atomic E-state index is -0.769. The summed E-state index contributed by atoms with van der Waals surface area (Å²) < 4.78 is 5.68. The van der Waals surface area contributed by atoms with Gasteiger partial charge in [-0.25, -0.2) is 9.69 Å². The number of para-hydroxylation sites is 2. The van der Waals surface area contributed by atoms with E-state index in [9.17, 15) is 14.4 Å². The molecule has 0 radical (unpaired) electrons. The van der Waals surface area contributed by atoms with Gasteiger partial charge in [0.05, 0.1) is 19.0 Å². The Balaban J connectivity index is 1.60. The van der Waals surface area contributed by atoms with Crippen LogP contribution in [0.25, 0.3) is 0 Å². The Bertz CT molecular complexity index is 685. The zero-order chi connectivity index (χ0) is 18.0. The second kappa shape index (κ2) is 7.10. The fourth-order valence-electron chi connectivity index (χ4n) is 3.06. The molecule has 3 rings (SSSR count). The van der Waals surface area contributed by atoms with E-state index >= 15 is 0 Å². The quantitative estimate of drug-likeness (QED) is 0.574. The lowest BCUT2D eigenvalue weighted by Gasteiger charge is -2.37. The van der Waals surface area contributed by atoms with E-state index in [1.165, 1.54) is 7.05 Å². The maximum Gasteiger partial charge on any atom is 0.335 e. The summed E-state index contributed by atoms with van der Waals surface area (Å²) in [6.45, 7) is 5.60. The second-order valence-electron chi connectivity index (χ2n) is 6.03. The van der Waals surface area contributed by atoms with Crippen LogP contribution in [0.2, 0.25) is 0 Å². The lowest BCUT2D eigenvalue weighted by atomic mass is 10.2. The Hall–Kier alpha value is -2.61. The Morgan fingerprint density at radius 2 is 1.68 bits per heavy atom. The molecular formula is C17H22N4O4. The second-order valence-corrected chi connectivity index (χ2v) is 6.03. The average molecular weight is 346 g/mol. The normalized spacial score (nSPS) is 19.1. The first kappa shape index (κ1) is 17.2. The van der Waals surface area contributed by atoms with Gasteiger partial charge in [0.2, 0.25) is 0 Å². The molecule has 0 spiro atoms. The van der Waals surface area contributed by atoms with Crippen molar-refractivity contribution in [2.75, 3.05) is 51.4 Å². The van der Waals surface area contributed by atoms with Gasteiger partial charge in [-0.3, -0.25) is 19.4 Å². The Labute approximate surface area is 146 Å². The number of benzene rings is 1. The third-order valence-electron chi connectivity index (χ3n) is 4.47. The smallest absolute Gasteiger partial charge is 0.335 e. The minimum Gasteiger partial charge on any atom is -0.492 e. The average Bonchev–Trinajstić information content (AvgIpc) is 2.81. The van der Waals surface area contributed by atoms with Crippen molar-refractivity contribution in [3.63, 3.8) is 0 Å². The van der Waals surface area contributed by atoms with Gasteiger partial charge in [0.25, 0.3) is 0 Å². The summed E-state index contributed by atoms with van der Waals surface area (Å²) in [7, 11) is 1.32. The number of urea groups is 1. The number of ether oxygens (including phenoxy) is 1. The van der Waals surface area contributed by atoms with Crippen LogP contribution in [0.3, 0.4) is 0 Å². The molecule has 25 heavy (non-hydrogen) atoms. The number of amides is 4. The number of rotatable bonds is 5. The van der Waals surface area contributed by atoms with Gasteiger partial charge in [0.1, 0.15) is 5.75 Å². The SMILES string of the molecule is CCOc1ccccc1N1CCN(CN2C(=O)C(=O)N(C)C2=O)CC1. The zero-order valence-electron chi connectivity index (χ0n) is 14.5. The first-order chi connectivity index (χ1) is 12.0. The summed E-state index contributed by atoms with van der Waals surface area (Å²) in [6.07, 6.45) is 0. The van der Waals surface area contributed by atoms with Crippen LogP contribution in [-0.2, 0) is 9.59 Å². The molecule has 0 unspecified atom stereocenters. The highest BCUT2D eigenvalue weighted by atomic mass is 16.5. The minimum absolute atomic E-state index is 0.148. The molecule has 0 bridgehead atoms. The highest BCUT2D eigenvalue weighted by Crippen LogP contribution is 2.28. The first-order valence-corrected chi connectivity index (χ1v) is 8.35. The van der Waals surface area contributed by atoms with Gasteiger partial charge >= 0.3 is 17.8 Å². The topological polar surface area (TPSA) is 73.4 Å². The summed E-state index contributed by atoms with van der Waals surface area (Å²) in [4.78, 5) is 41.5. The standard InChI is InChI=1S/C17H22N4O4/c1-3-25-14-7-5-4-6-13(14)20-10-8-19(9-11-20)12-21-16(23)15(22)18(2)17(21)24/h4-7H,3,8-12H2,1-2H3. The van der Waals surface area contributed by atoms with Gasteiger partial charge in [-0.1, -0.05) is 12.1 Å². The zero-order valence-corrected chi connectivity index (χ0v) is 14.5. The van der Waals surface area contributed by atoms with Gasteiger partial charge in [0.15, 0.2) is 0 Å². The van der Waals surface area contributed by atoms with Crippen LogP contribution in [-0.4, -0.2) is 79.0 Å². The molecule has 8 nitrogen and oxygen atoms in total. The van der Waals surface area contributed by atoms with E-state index in [-0.39, 0.29) is 6.67 Å². The maximum atomic E-state index is 12.0. The van der Waals surface area contributed by atoms with Crippen molar-refractivity contribution in [3.05, 3.63) is 24.3 Å². The number of imide groups is 2. The third-order valence-corrected chi connectivity index (χ3v) is 4.47. The lowest BCUT2D eigenvalue weighted by Crippen LogP contribution is -2.51. The highest BCUT2D eigenvalue weighted by Gasteiger charge is 2.43. The summed E-state index contributed by atoms with van der Waals surface area (Å²) in [6, 6.07) is 7.35. The summed E-state index contributed by atoms with van der Waals surface area (Å²) >= 11 is 0. The lowest BCUT2D eigenvalue weighted by molar-refractivity contribution is -0.143. The van der Waals surface area contributed by atoms with Gasteiger partial charge in [0, 0.05) is 33.2 Å². The largest absolute Gasteiger partial charge is 0.492 e. The fourth-order valence-corrected chi connectivity index (χ4v) is 3.06. The van der Waals surface area contributed by atoms with Crippen LogP contribution in [0.4, 0.5) is 10.5 Å². The predicted octanol–water partition coefficient (Wildman–Crippen LogP) is 0.585. The van der Waals surface area contributed by atoms with Crippen molar-refractivity contribution in [2.24, 2.45) is 0 Å². The molecule has 0 aliphatic carbocycles. The van der Waals surface area contributed by atoms with Crippen molar-refractivity contribution < 1.29 is 19.1 Å². The number of hydrogen-bond donors (Lipinski definition) is 0. The Morgan fingerprint density at radius 1 is 1.00 bits per heavy atom. The molecule has 1 aromatic rings. The number of carbonyl (C=O) groups excluding carboxylic acids is 3. The first-order valence-electron chi connectivity index (χ1n) is 8.35. The van der Waals surface area contributed by atoms with Gasteiger partial charge < -0.3 is 9.64 Å². The number of likely N-dealkylation sites (N-methyl/N-ethyl adjacent to an activating group) is 1. The number of hydrogen-bond acceptors (Lipinski definition) is 6. The molecule has 0 N–H and O–H groups in total. The van der Waals surface area contributed by atoms with Gasteiger partial charge in [-0.2, -0.15) is 0 Å². The number of carbonyl (C=O) groups is 3. The van der Waals surface area contributed by atoms with E-state index in [4.69, 9.17) is 4.74 Å². The van der Waals surface area contributed by atoms with E-state index in [0.717, 1.165) is 34.3 Å². The summed E-state index contributed by atoms with van der Waals surface area (Å²) in [5.74, 6) is -0.665. The van der Waals surface area contributed by atoms with Gasteiger partial charge in [-0.05, 0) is 19.1 Å². The Kier molecular flexibility index (Phi) is 4.89. The van der Waals surface area contributed by atoms with E-state index in [0.29, 0.717) is 19.7 Å². The summed E-state index contributed by atoms with van der Waals surface area (Å²) in [5.41, 5.74) is 1.05. The summed E-state index contributed by atoms with van der Waals surface area (Å²) in [5, 5.41) is 0. The highest BCUT2D eigenvalue weighted by molar-refractivity contribution is 6.44. The number of nitrogens with zero attached hydrogens (tertiary/aromatic N) is 4. The molecule has 0 saturated carbocycles. The van der Waals surface area contributed by atoms with Crippen LogP contribution in [0, 0.1) is 0 Å². The molecule has 0 aromatic heterocycles. The van der Waals surface area contributed by atoms with Crippen LogP contribution >= 0.6 is 0 Å². The molecule has 2 saturated heterocycles. The fraction of sp³-hybridized carbons (Fsp3) is 0.471. The van der Waals surface area contributed by atoms with E-state index in [2.05, 4.69) is 4.90 Å². The Morgan fingerprint density at radius 3 is 2.28 bits per heavy atom. The molecule has 4 amide bonds. The predicted molar refractivity (Wildman–Crippen MR) is 91.3 cm³/mol. The van der Waals surface area contributed by atoms with Crippen molar-refractivity contribution in [3.8, 4) is 5.75 Å². The third kappa shape index (κ3) is 3.30. The molecule has 2 aliphatic rings. The van der Waals surface area contributed by atoms with Crippen molar-refractivity contribution in [1.29, 1.82) is 0 Å². The maximum absolute atomic E-state index is 12.0. The van der Waals surface area contributed by atoms with Gasteiger partial charge in [-0.15, -0.1) is 0 Å². The van der Waals surface area contributed by atoms with E-state index in [1.54, 1.807) is 0 Å². The van der Waals surface area contributed by atoms with E-state index < -0.39 is 17.8 Å². The van der Waals surface area contributed by atoms with Crippen LogP contribution in [0.1, 0.15) is 6.92 Å². The molecule has 2 fully saturated rings. The van der Waals surface area contributed by atoms with Crippen LogP contribution in [0.5, 0.6) is 5.75 Å². The molecule has 2 aliphatic heterocycles. The molecule has 2 heterocycles. The molecule has 134 valence electrons. The van der Waals surface area contributed by atoms with Crippen molar-refractivity contribution in [2.45, 2.75) is 6.92 Å². The van der Waals surface area contributed by atoms with Crippen molar-refractivity contribution >= 4 is 23.5 Å².